The Bertz CT molecular complexity index is 1160. The minimum atomic E-state index is 0.328. The van der Waals surface area contributed by atoms with Crippen molar-refractivity contribution in [3.63, 3.8) is 0 Å². The average molecular weight is 431 g/mol. The third kappa shape index (κ3) is 4.05. The maximum atomic E-state index is 5.49. The van der Waals surface area contributed by atoms with E-state index in [1.807, 2.05) is 65.6 Å². The number of hydrogen-bond donors (Lipinski definition) is 2. The Hall–Kier alpha value is -3.23. The number of aromatic nitrogens is 2. The highest BCUT2D eigenvalue weighted by molar-refractivity contribution is 8.15. The molecular weight excluding hydrogens is 412 g/mol. The fraction of sp³-hybridized carbons (Fsp3) is 0.0909. The molecule has 8 heteroatoms. The van der Waals surface area contributed by atoms with E-state index in [9.17, 15) is 0 Å². The summed E-state index contributed by atoms with van der Waals surface area (Å²) >= 11 is 7.25. The Morgan fingerprint density at radius 2 is 1.93 bits per heavy atom. The summed E-state index contributed by atoms with van der Waals surface area (Å²) in [6.07, 6.45) is 7.50. The van der Waals surface area contributed by atoms with Crippen LogP contribution in [0.25, 0.3) is 5.69 Å². The molecule has 0 saturated carbocycles. The van der Waals surface area contributed by atoms with Gasteiger partial charge in [0, 0.05) is 35.5 Å². The fourth-order valence-corrected chi connectivity index (χ4v) is 4.59. The van der Waals surface area contributed by atoms with Crippen molar-refractivity contribution >= 4 is 51.7 Å². The number of nitrogens with one attached hydrogen (secondary N) is 2. The zero-order chi connectivity index (χ0) is 20.3. The lowest BCUT2D eigenvalue weighted by molar-refractivity contribution is 0.881. The van der Waals surface area contributed by atoms with Gasteiger partial charge in [0.2, 0.25) is 0 Å². The lowest BCUT2D eigenvalue weighted by Crippen LogP contribution is -2.19. The van der Waals surface area contributed by atoms with E-state index in [1.165, 1.54) is 0 Å². The van der Waals surface area contributed by atoms with Crippen LogP contribution in [0.5, 0.6) is 0 Å². The Balaban J connectivity index is 1.24. The molecule has 2 N–H and O–H groups in total. The molecule has 1 aromatic heterocycles. The molecule has 3 heterocycles. The summed E-state index contributed by atoms with van der Waals surface area (Å²) in [5.41, 5.74) is 4.99. The predicted molar refractivity (Wildman–Crippen MR) is 129 cm³/mol. The molecule has 30 heavy (non-hydrogen) atoms. The van der Waals surface area contributed by atoms with Gasteiger partial charge in [0.05, 0.1) is 23.2 Å². The molecule has 1 atom stereocenters. The second-order valence-electron chi connectivity index (χ2n) is 6.79. The van der Waals surface area contributed by atoms with Crippen LogP contribution < -0.4 is 10.6 Å². The molecule has 0 saturated heterocycles. The number of thioether (sulfide) groups is 1. The minimum Gasteiger partial charge on any atom is -0.332 e. The van der Waals surface area contributed by atoms with Crippen molar-refractivity contribution in [2.24, 2.45) is 9.98 Å². The van der Waals surface area contributed by atoms with E-state index in [1.54, 1.807) is 18.0 Å². The molecule has 0 bridgehead atoms. The van der Waals surface area contributed by atoms with E-state index in [4.69, 9.17) is 17.2 Å². The number of nitrogens with zero attached hydrogens (tertiary/aromatic N) is 4. The van der Waals surface area contributed by atoms with Crippen LogP contribution >= 0.6 is 24.0 Å². The van der Waals surface area contributed by atoms with Gasteiger partial charge < -0.3 is 10.6 Å². The Morgan fingerprint density at radius 1 is 1.07 bits per heavy atom. The van der Waals surface area contributed by atoms with Gasteiger partial charge in [0.1, 0.15) is 5.04 Å². The highest BCUT2D eigenvalue weighted by atomic mass is 32.2. The second kappa shape index (κ2) is 8.25. The molecular formula is C22H18N6S2. The first kappa shape index (κ1) is 18.8. The summed E-state index contributed by atoms with van der Waals surface area (Å²) in [7, 11) is 0. The highest BCUT2D eigenvalue weighted by Gasteiger charge is 2.26. The first-order valence-electron chi connectivity index (χ1n) is 9.48. The second-order valence-corrected chi connectivity index (χ2v) is 8.39. The molecule has 0 spiro atoms. The molecule has 2 aromatic carbocycles. The summed E-state index contributed by atoms with van der Waals surface area (Å²) in [4.78, 5) is 9.09. The third-order valence-corrected chi connectivity index (χ3v) is 6.13. The number of benzene rings is 2. The Morgan fingerprint density at radius 3 is 2.73 bits per heavy atom. The molecule has 2 aliphatic rings. The molecule has 0 radical (unpaired) electrons. The molecule has 3 aromatic rings. The van der Waals surface area contributed by atoms with Crippen LogP contribution in [0.3, 0.4) is 0 Å². The van der Waals surface area contributed by atoms with Crippen molar-refractivity contribution in [1.29, 1.82) is 0 Å². The SMILES string of the molecule is S=C(Nc1ccc(-n2cccn2)cc1)Nc1cccc(C2=NC3=CC=NCC3S2)c1. The van der Waals surface area contributed by atoms with E-state index in [0.29, 0.717) is 10.4 Å². The van der Waals surface area contributed by atoms with E-state index in [2.05, 4.69) is 32.9 Å². The Labute approximate surface area is 183 Å². The Kier molecular flexibility index (Phi) is 5.17. The number of aliphatic imine (C=N–C) groups is 2. The summed E-state index contributed by atoms with van der Waals surface area (Å²) < 4.78 is 1.81. The number of anilines is 2. The van der Waals surface area contributed by atoms with Crippen LogP contribution in [0.2, 0.25) is 0 Å². The van der Waals surface area contributed by atoms with Crippen molar-refractivity contribution < 1.29 is 0 Å². The molecule has 0 amide bonds. The number of fused-ring (bicyclic) bond motifs is 1. The predicted octanol–water partition coefficient (Wildman–Crippen LogP) is 4.51. The van der Waals surface area contributed by atoms with Crippen molar-refractivity contribution in [3.05, 3.63) is 84.3 Å². The molecule has 6 nitrogen and oxygen atoms in total. The monoisotopic (exact) mass is 430 g/mol. The van der Waals surface area contributed by atoms with Crippen molar-refractivity contribution in [3.8, 4) is 5.69 Å². The average Bonchev–Trinajstić information content (AvgIpc) is 3.44. The van der Waals surface area contributed by atoms with Gasteiger partial charge in [-0.25, -0.2) is 9.67 Å². The van der Waals surface area contributed by atoms with Gasteiger partial charge in [0.15, 0.2) is 5.11 Å². The lowest BCUT2D eigenvalue weighted by Gasteiger charge is -2.12. The topological polar surface area (TPSA) is 66.6 Å². The van der Waals surface area contributed by atoms with Crippen LogP contribution in [0.15, 0.2) is 88.7 Å². The number of dihydropyridines is 1. The van der Waals surface area contributed by atoms with Gasteiger partial charge in [-0.3, -0.25) is 4.99 Å². The van der Waals surface area contributed by atoms with E-state index in [-0.39, 0.29) is 0 Å². The van der Waals surface area contributed by atoms with Gasteiger partial charge in [-0.15, -0.1) is 0 Å². The zero-order valence-electron chi connectivity index (χ0n) is 15.9. The summed E-state index contributed by atoms with van der Waals surface area (Å²) in [5.74, 6) is 0. The maximum absolute atomic E-state index is 5.49. The number of thiocarbonyl (C=S) groups is 1. The first-order chi connectivity index (χ1) is 14.7. The van der Waals surface area contributed by atoms with Crippen molar-refractivity contribution in [2.45, 2.75) is 5.25 Å². The minimum absolute atomic E-state index is 0.328. The fourth-order valence-electron chi connectivity index (χ4n) is 3.25. The first-order valence-corrected chi connectivity index (χ1v) is 10.8. The van der Waals surface area contributed by atoms with Crippen LogP contribution in [-0.4, -0.2) is 37.9 Å². The molecule has 1 unspecified atom stereocenters. The largest absolute Gasteiger partial charge is 0.332 e. The quantitative estimate of drug-likeness (QED) is 0.596. The lowest BCUT2D eigenvalue weighted by atomic mass is 10.2. The molecule has 5 rings (SSSR count). The highest BCUT2D eigenvalue weighted by Crippen LogP contribution is 2.34. The van der Waals surface area contributed by atoms with Gasteiger partial charge in [0.25, 0.3) is 0 Å². The van der Waals surface area contributed by atoms with Gasteiger partial charge in [-0.05, 0) is 60.8 Å². The van der Waals surface area contributed by atoms with Crippen LogP contribution in [-0.2, 0) is 0 Å². The molecule has 2 aliphatic heterocycles. The number of hydrogen-bond acceptors (Lipinski definition) is 5. The van der Waals surface area contributed by atoms with Gasteiger partial charge in [-0.2, -0.15) is 5.10 Å². The van der Waals surface area contributed by atoms with Gasteiger partial charge >= 0.3 is 0 Å². The van der Waals surface area contributed by atoms with Crippen LogP contribution in [0.4, 0.5) is 11.4 Å². The summed E-state index contributed by atoms with van der Waals surface area (Å²) in [5, 5.41) is 12.6. The number of rotatable bonds is 4. The van der Waals surface area contributed by atoms with Crippen LogP contribution in [0, 0.1) is 0 Å². The smallest absolute Gasteiger partial charge is 0.175 e. The third-order valence-electron chi connectivity index (χ3n) is 4.70. The van der Waals surface area contributed by atoms with Gasteiger partial charge in [-0.1, -0.05) is 23.9 Å². The zero-order valence-corrected chi connectivity index (χ0v) is 17.5. The van der Waals surface area contributed by atoms with E-state index in [0.717, 1.165) is 39.9 Å². The van der Waals surface area contributed by atoms with Crippen LogP contribution in [0.1, 0.15) is 5.56 Å². The normalized spacial score (nSPS) is 17.1. The van der Waals surface area contributed by atoms with E-state index < -0.39 is 0 Å². The summed E-state index contributed by atoms with van der Waals surface area (Å²) in [6.45, 7) is 0.786. The summed E-state index contributed by atoms with van der Waals surface area (Å²) in [6, 6.07) is 18.0. The van der Waals surface area contributed by atoms with Crippen molar-refractivity contribution in [1.82, 2.24) is 9.78 Å². The molecule has 148 valence electrons. The molecule has 0 aliphatic carbocycles. The standard InChI is InChI=1S/C22H18N6S2/c29-22(25-16-5-7-18(8-6-16)28-12-2-10-24-28)26-17-4-1-3-15(13-17)21-27-19-9-11-23-14-20(19)30-21/h1-13,20H,14H2,(H2,25,26,29). The van der Waals surface area contributed by atoms with Crippen molar-refractivity contribution in [2.75, 3.05) is 17.2 Å². The maximum Gasteiger partial charge on any atom is 0.175 e. The number of allylic oxidation sites excluding steroid dienone is 1. The molecule has 0 fully saturated rings. The van der Waals surface area contributed by atoms with E-state index >= 15 is 0 Å².